The molecule has 1 amide bonds. The van der Waals surface area contributed by atoms with Gasteiger partial charge in [-0.3, -0.25) is 4.79 Å². The second kappa shape index (κ2) is 8.46. The molecule has 2 aliphatic heterocycles. The number of aromatic nitrogens is 2. The molecular formula is C21H26N4O3. The van der Waals surface area contributed by atoms with Crippen LogP contribution < -0.4 is 14.4 Å². The van der Waals surface area contributed by atoms with Gasteiger partial charge in [-0.05, 0) is 49.4 Å². The van der Waals surface area contributed by atoms with Crippen molar-refractivity contribution >= 4 is 11.7 Å². The summed E-state index contributed by atoms with van der Waals surface area (Å²) < 4.78 is 10.9. The standard InChI is InChI=1S/C21H26N4O3/c1-27-17-7-4-6-16(14-17)18-8-5-13-25(18)21(26)15-28-20-10-9-19(22-23-20)24-11-2-3-12-24/h4,6-7,9-10,14,18H,2-3,5,8,11-13,15H2,1H3. The molecule has 0 radical (unpaired) electrons. The molecule has 7 nitrogen and oxygen atoms in total. The van der Waals surface area contributed by atoms with Crippen molar-refractivity contribution in [2.45, 2.75) is 31.7 Å². The van der Waals surface area contributed by atoms with Crippen LogP contribution in [0, 0.1) is 0 Å². The summed E-state index contributed by atoms with van der Waals surface area (Å²) in [5, 5.41) is 8.35. The largest absolute Gasteiger partial charge is 0.497 e. The number of anilines is 1. The topological polar surface area (TPSA) is 67.8 Å². The van der Waals surface area contributed by atoms with E-state index in [0.29, 0.717) is 5.88 Å². The predicted molar refractivity (Wildman–Crippen MR) is 106 cm³/mol. The molecular weight excluding hydrogens is 356 g/mol. The van der Waals surface area contributed by atoms with E-state index < -0.39 is 0 Å². The number of rotatable bonds is 6. The Balaban J connectivity index is 1.36. The van der Waals surface area contributed by atoms with Crippen LogP contribution in [-0.4, -0.2) is 54.4 Å². The van der Waals surface area contributed by atoms with Gasteiger partial charge in [-0.1, -0.05) is 12.1 Å². The first kappa shape index (κ1) is 18.5. The Kier molecular flexibility index (Phi) is 5.60. The molecule has 0 saturated carbocycles. The summed E-state index contributed by atoms with van der Waals surface area (Å²) in [4.78, 5) is 16.8. The van der Waals surface area contributed by atoms with Crippen molar-refractivity contribution in [3.63, 3.8) is 0 Å². The van der Waals surface area contributed by atoms with Crippen molar-refractivity contribution in [1.82, 2.24) is 15.1 Å². The number of likely N-dealkylation sites (tertiary alicyclic amines) is 1. The van der Waals surface area contributed by atoms with E-state index in [4.69, 9.17) is 9.47 Å². The second-order valence-corrected chi connectivity index (χ2v) is 7.23. The van der Waals surface area contributed by atoms with Crippen LogP contribution in [0.3, 0.4) is 0 Å². The van der Waals surface area contributed by atoms with Gasteiger partial charge in [-0.15, -0.1) is 10.2 Å². The smallest absolute Gasteiger partial charge is 0.261 e. The van der Waals surface area contributed by atoms with Crippen molar-refractivity contribution in [2.24, 2.45) is 0 Å². The minimum absolute atomic E-state index is 0.0296. The number of hydrogen-bond donors (Lipinski definition) is 0. The van der Waals surface area contributed by atoms with E-state index >= 15 is 0 Å². The minimum Gasteiger partial charge on any atom is -0.497 e. The van der Waals surface area contributed by atoms with Gasteiger partial charge in [0, 0.05) is 25.7 Å². The van der Waals surface area contributed by atoms with Crippen molar-refractivity contribution in [3.8, 4) is 11.6 Å². The Bertz CT molecular complexity index is 806. The first-order valence-electron chi connectivity index (χ1n) is 9.89. The van der Waals surface area contributed by atoms with Crippen molar-refractivity contribution < 1.29 is 14.3 Å². The van der Waals surface area contributed by atoms with E-state index in [9.17, 15) is 4.79 Å². The van der Waals surface area contributed by atoms with Gasteiger partial charge in [0.15, 0.2) is 12.4 Å². The third-order valence-corrected chi connectivity index (χ3v) is 5.45. The van der Waals surface area contributed by atoms with Crippen LogP contribution in [0.2, 0.25) is 0 Å². The lowest BCUT2D eigenvalue weighted by atomic mass is 10.0. The SMILES string of the molecule is COc1cccc(C2CCCN2C(=O)COc2ccc(N3CCCC3)nn2)c1. The van der Waals surface area contributed by atoms with Gasteiger partial charge in [-0.25, -0.2) is 0 Å². The molecule has 28 heavy (non-hydrogen) atoms. The molecule has 2 aromatic rings. The Morgan fingerprint density at radius 2 is 1.96 bits per heavy atom. The summed E-state index contributed by atoms with van der Waals surface area (Å²) in [6.45, 7) is 2.75. The van der Waals surface area contributed by atoms with Gasteiger partial charge in [0.25, 0.3) is 5.91 Å². The van der Waals surface area contributed by atoms with Crippen LogP contribution in [0.5, 0.6) is 11.6 Å². The molecule has 148 valence electrons. The zero-order valence-electron chi connectivity index (χ0n) is 16.2. The van der Waals surface area contributed by atoms with Gasteiger partial charge in [0.2, 0.25) is 5.88 Å². The molecule has 2 saturated heterocycles. The van der Waals surface area contributed by atoms with Gasteiger partial charge in [0.05, 0.1) is 13.2 Å². The minimum atomic E-state index is -0.0317. The number of carbonyl (C=O) groups excluding carboxylic acids is 1. The zero-order chi connectivity index (χ0) is 19.3. The second-order valence-electron chi connectivity index (χ2n) is 7.23. The lowest BCUT2D eigenvalue weighted by Crippen LogP contribution is -2.34. The number of carbonyl (C=O) groups is 1. The highest BCUT2D eigenvalue weighted by atomic mass is 16.5. The van der Waals surface area contributed by atoms with Crippen LogP contribution in [0.15, 0.2) is 36.4 Å². The van der Waals surface area contributed by atoms with Gasteiger partial charge >= 0.3 is 0 Å². The van der Waals surface area contributed by atoms with E-state index in [1.54, 1.807) is 13.2 Å². The average Bonchev–Trinajstić information content (AvgIpc) is 3.44. The number of methoxy groups -OCH3 is 1. The summed E-state index contributed by atoms with van der Waals surface area (Å²) >= 11 is 0. The van der Waals surface area contributed by atoms with Crippen LogP contribution in [-0.2, 0) is 4.79 Å². The number of ether oxygens (including phenoxy) is 2. The van der Waals surface area contributed by atoms with Crippen LogP contribution >= 0.6 is 0 Å². The van der Waals surface area contributed by atoms with Gasteiger partial charge < -0.3 is 19.3 Å². The summed E-state index contributed by atoms with van der Waals surface area (Å²) in [6, 6.07) is 11.7. The lowest BCUT2D eigenvalue weighted by molar-refractivity contribution is -0.134. The molecule has 0 aliphatic carbocycles. The Labute approximate surface area is 165 Å². The molecule has 0 N–H and O–H groups in total. The Morgan fingerprint density at radius 1 is 1.11 bits per heavy atom. The molecule has 7 heteroatoms. The highest BCUT2D eigenvalue weighted by molar-refractivity contribution is 5.78. The summed E-state index contributed by atoms with van der Waals surface area (Å²) in [6.07, 6.45) is 4.32. The fraction of sp³-hybridized carbons (Fsp3) is 0.476. The molecule has 1 aromatic carbocycles. The fourth-order valence-electron chi connectivity index (χ4n) is 3.98. The van der Waals surface area contributed by atoms with Crippen LogP contribution in [0.25, 0.3) is 0 Å². The molecule has 0 bridgehead atoms. The lowest BCUT2D eigenvalue weighted by Gasteiger charge is -2.25. The van der Waals surface area contributed by atoms with E-state index in [2.05, 4.69) is 15.1 Å². The molecule has 1 aromatic heterocycles. The molecule has 2 fully saturated rings. The summed E-state index contributed by atoms with van der Waals surface area (Å²) in [7, 11) is 1.65. The van der Waals surface area contributed by atoms with Gasteiger partial charge in [0.1, 0.15) is 5.75 Å². The Morgan fingerprint density at radius 3 is 2.71 bits per heavy atom. The molecule has 2 aliphatic rings. The molecule has 0 spiro atoms. The van der Waals surface area contributed by atoms with E-state index in [1.165, 1.54) is 12.8 Å². The first-order valence-corrected chi connectivity index (χ1v) is 9.89. The van der Waals surface area contributed by atoms with Crippen molar-refractivity contribution in [1.29, 1.82) is 0 Å². The Hall–Kier alpha value is -2.83. The van der Waals surface area contributed by atoms with Crippen molar-refractivity contribution in [3.05, 3.63) is 42.0 Å². The molecule has 4 rings (SSSR count). The molecule has 1 atom stereocenters. The normalized spacial score (nSPS) is 19.1. The molecule has 1 unspecified atom stereocenters. The molecule has 3 heterocycles. The maximum Gasteiger partial charge on any atom is 0.261 e. The maximum atomic E-state index is 12.7. The average molecular weight is 382 g/mol. The zero-order valence-corrected chi connectivity index (χ0v) is 16.2. The number of amides is 1. The van der Waals surface area contributed by atoms with Gasteiger partial charge in [-0.2, -0.15) is 0 Å². The highest BCUT2D eigenvalue weighted by Crippen LogP contribution is 2.33. The predicted octanol–water partition coefficient (Wildman–Crippen LogP) is 2.83. The van der Waals surface area contributed by atoms with E-state index in [0.717, 1.165) is 49.6 Å². The van der Waals surface area contributed by atoms with Crippen molar-refractivity contribution in [2.75, 3.05) is 38.3 Å². The summed E-state index contributed by atoms with van der Waals surface area (Å²) in [5.41, 5.74) is 1.10. The van der Waals surface area contributed by atoms with Crippen LogP contribution in [0.4, 0.5) is 5.82 Å². The third-order valence-electron chi connectivity index (χ3n) is 5.45. The fourth-order valence-corrected chi connectivity index (χ4v) is 3.98. The quantitative estimate of drug-likeness (QED) is 0.765. The van der Waals surface area contributed by atoms with Crippen LogP contribution in [0.1, 0.15) is 37.3 Å². The number of hydrogen-bond acceptors (Lipinski definition) is 6. The maximum absolute atomic E-state index is 12.7. The summed E-state index contributed by atoms with van der Waals surface area (Å²) in [5.74, 6) is 2.03. The van der Waals surface area contributed by atoms with E-state index in [-0.39, 0.29) is 18.6 Å². The van der Waals surface area contributed by atoms with E-state index in [1.807, 2.05) is 35.2 Å². The monoisotopic (exact) mass is 382 g/mol. The highest BCUT2D eigenvalue weighted by Gasteiger charge is 2.30. The number of benzene rings is 1. The third kappa shape index (κ3) is 4.03. The first-order chi connectivity index (χ1) is 13.7. The number of nitrogens with zero attached hydrogens (tertiary/aromatic N) is 4.